The third-order valence-corrected chi connectivity index (χ3v) is 7.74. The summed E-state index contributed by atoms with van der Waals surface area (Å²) in [4.78, 5) is 2.74. The van der Waals surface area contributed by atoms with Crippen LogP contribution in [-0.4, -0.2) is 6.54 Å². The van der Waals surface area contributed by atoms with Gasteiger partial charge in [-0.3, -0.25) is 0 Å². The Kier molecular flexibility index (Phi) is 3.65. The molecule has 0 N–H and O–H groups in total. The Morgan fingerprint density at radius 3 is 2.44 bits per heavy atom. The summed E-state index contributed by atoms with van der Waals surface area (Å²) in [7, 11) is 0. The molecule has 136 valence electrons. The van der Waals surface area contributed by atoms with Gasteiger partial charge in [-0.25, -0.2) is 0 Å². The largest absolute Gasteiger partial charge is 0.363 e. The number of allylic oxidation sites excluding steroid dienone is 4. The fraction of sp³-hybridized carbons (Fsp3) is 0.333. The number of nitrogens with zero attached hydrogens (tertiary/aromatic N) is 1. The summed E-state index contributed by atoms with van der Waals surface area (Å²) in [6, 6.07) is 13.8. The Labute approximate surface area is 173 Å². The van der Waals surface area contributed by atoms with Gasteiger partial charge in [0, 0.05) is 33.6 Å². The van der Waals surface area contributed by atoms with Gasteiger partial charge in [-0.05, 0) is 65.6 Å². The first-order valence-electron chi connectivity index (χ1n) is 9.89. The SMILES string of the molecule is Clc1ccc(C2C3CC=CC3c3cc(Br)cc4c3N2CC2CC=CC42)cc1. The van der Waals surface area contributed by atoms with E-state index in [0.717, 1.165) is 18.0 Å². The van der Waals surface area contributed by atoms with Gasteiger partial charge in [0.1, 0.15) is 0 Å². The first-order valence-corrected chi connectivity index (χ1v) is 11.1. The highest BCUT2D eigenvalue weighted by atomic mass is 79.9. The molecule has 0 amide bonds. The van der Waals surface area contributed by atoms with Gasteiger partial charge in [0.25, 0.3) is 0 Å². The van der Waals surface area contributed by atoms with Crippen molar-refractivity contribution in [1.29, 1.82) is 0 Å². The molecule has 4 aliphatic rings. The Morgan fingerprint density at radius 2 is 1.63 bits per heavy atom. The van der Waals surface area contributed by atoms with E-state index >= 15 is 0 Å². The van der Waals surface area contributed by atoms with Crippen molar-refractivity contribution in [2.24, 2.45) is 11.8 Å². The topological polar surface area (TPSA) is 3.24 Å². The molecule has 5 atom stereocenters. The second kappa shape index (κ2) is 5.99. The van der Waals surface area contributed by atoms with E-state index in [-0.39, 0.29) is 0 Å². The molecule has 1 nitrogen and oxygen atoms in total. The van der Waals surface area contributed by atoms with E-state index in [4.69, 9.17) is 11.6 Å². The van der Waals surface area contributed by atoms with Crippen LogP contribution in [0.1, 0.15) is 47.4 Å². The monoisotopic (exact) mass is 437 g/mol. The van der Waals surface area contributed by atoms with Crippen LogP contribution >= 0.6 is 27.5 Å². The van der Waals surface area contributed by atoms with Gasteiger partial charge < -0.3 is 4.90 Å². The summed E-state index contributed by atoms with van der Waals surface area (Å²) in [5, 5.41) is 0.819. The highest BCUT2D eigenvalue weighted by Gasteiger charge is 2.47. The predicted octanol–water partition coefficient (Wildman–Crippen LogP) is 7.00. The maximum Gasteiger partial charge on any atom is 0.0582 e. The van der Waals surface area contributed by atoms with Gasteiger partial charge in [-0.1, -0.05) is 64.0 Å². The summed E-state index contributed by atoms with van der Waals surface area (Å²) in [6.07, 6.45) is 12.0. The van der Waals surface area contributed by atoms with Crippen molar-refractivity contribution >= 4 is 33.2 Å². The standard InChI is InChI=1S/C24H21BrClN/c25-16-11-21-18-4-1-3-15(18)13-27-23(14-7-9-17(26)10-8-14)20-6-2-5-19(20)22(12-16)24(21)27/h1-2,4-5,7-12,15,18-20,23H,3,6,13H2. The molecule has 6 rings (SSSR count). The second-order valence-electron chi connectivity index (χ2n) is 8.38. The van der Waals surface area contributed by atoms with Crippen LogP contribution < -0.4 is 4.90 Å². The van der Waals surface area contributed by atoms with Gasteiger partial charge >= 0.3 is 0 Å². The minimum atomic E-state index is 0.427. The number of hydrogen-bond donors (Lipinski definition) is 0. The van der Waals surface area contributed by atoms with Crippen LogP contribution in [0.25, 0.3) is 0 Å². The zero-order valence-corrected chi connectivity index (χ0v) is 17.3. The third-order valence-electron chi connectivity index (χ3n) is 7.03. The Hall–Kier alpha value is -1.51. The van der Waals surface area contributed by atoms with E-state index in [0.29, 0.717) is 29.7 Å². The lowest BCUT2D eigenvalue weighted by Crippen LogP contribution is -2.46. The first-order chi connectivity index (χ1) is 13.2. The average molecular weight is 439 g/mol. The van der Waals surface area contributed by atoms with Gasteiger partial charge in [0.05, 0.1) is 6.04 Å². The highest BCUT2D eigenvalue weighted by molar-refractivity contribution is 9.10. The summed E-state index contributed by atoms with van der Waals surface area (Å²) < 4.78 is 1.22. The first kappa shape index (κ1) is 16.4. The molecule has 0 spiro atoms. The number of anilines is 1. The predicted molar refractivity (Wildman–Crippen MR) is 116 cm³/mol. The van der Waals surface area contributed by atoms with E-state index < -0.39 is 0 Å². The second-order valence-corrected chi connectivity index (χ2v) is 9.74. The molecular formula is C24H21BrClN. The fourth-order valence-corrected chi connectivity index (χ4v) is 6.60. The van der Waals surface area contributed by atoms with E-state index in [1.54, 1.807) is 0 Å². The van der Waals surface area contributed by atoms with Crippen LogP contribution in [0.15, 0.2) is 65.2 Å². The quantitative estimate of drug-likeness (QED) is 0.433. The molecule has 0 bridgehead atoms. The Bertz CT molecular complexity index is 959. The van der Waals surface area contributed by atoms with Crippen LogP contribution in [0.4, 0.5) is 5.69 Å². The van der Waals surface area contributed by atoms with Crippen LogP contribution in [0.2, 0.25) is 5.02 Å². The van der Waals surface area contributed by atoms with Gasteiger partial charge in [-0.2, -0.15) is 0 Å². The maximum absolute atomic E-state index is 6.20. The third kappa shape index (κ3) is 2.36. The van der Waals surface area contributed by atoms with Crippen molar-refractivity contribution in [3.8, 4) is 0 Å². The zero-order chi connectivity index (χ0) is 18.1. The lowest BCUT2D eigenvalue weighted by Gasteiger charge is -2.51. The molecular weight excluding hydrogens is 418 g/mol. The number of fused-ring (bicyclic) bond motifs is 4. The van der Waals surface area contributed by atoms with E-state index in [2.05, 4.69) is 81.5 Å². The van der Waals surface area contributed by atoms with Crippen LogP contribution in [0.5, 0.6) is 0 Å². The molecule has 3 heteroatoms. The molecule has 0 fully saturated rings. The van der Waals surface area contributed by atoms with E-state index in [1.807, 2.05) is 0 Å². The number of halogens is 2. The van der Waals surface area contributed by atoms with E-state index in [1.165, 1.54) is 33.3 Å². The summed E-state index contributed by atoms with van der Waals surface area (Å²) in [5.41, 5.74) is 5.94. The van der Waals surface area contributed by atoms with Crippen LogP contribution in [0.3, 0.4) is 0 Å². The minimum Gasteiger partial charge on any atom is -0.363 e. The lowest BCUT2D eigenvalue weighted by molar-refractivity contribution is 0.335. The summed E-state index contributed by atoms with van der Waals surface area (Å²) >= 11 is 10.0. The molecule has 2 aliphatic carbocycles. The molecule has 2 aromatic carbocycles. The number of hydrogen-bond acceptors (Lipinski definition) is 1. The molecule has 0 radical (unpaired) electrons. The van der Waals surface area contributed by atoms with Crippen molar-refractivity contribution in [3.63, 3.8) is 0 Å². The molecule has 0 aromatic heterocycles. The zero-order valence-electron chi connectivity index (χ0n) is 15.0. The molecule has 5 unspecified atom stereocenters. The Morgan fingerprint density at radius 1 is 0.926 bits per heavy atom. The molecule has 0 saturated heterocycles. The molecule has 27 heavy (non-hydrogen) atoms. The fourth-order valence-electron chi connectivity index (χ4n) is 5.98. The minimum absolute atomic E-state index is 0.427. The van der Waals surface area contributed by atoms with Crippen molar-refractivity contribution < 1.29 is 0 Å². The van der Waals surface area contributed by atoms with Gasteiger partial charge in [0.15, 0.2) is 0 Å². The molecule has 2 aromatic rings. The van der Waals surface area contributed by atoms with Crippen molar-refractivity contribution in [1.82, 2.24) is 0 Å². The summed E-state index contributed by atoms with van der Waals surface area (Å²) in [5.74, 6) is 2.38. The van der Waals surface area contributed by atoms with Gasteiger partial charge in [-0.15, -0.1) is 0 Å². The number of rotatable bonds is 1. The molecule has 2 heterocycles. The highest BCUT2D eigenvalue weighted by Crippen LogP contribution is 2.59. The van der Waals surface area contributed by atoms with Crippen LogP contribution in [-0.2, 0) is 0 Å². The normalized spacial score (nSPS) is 32.4. The maximum atomic E-state index is 6.20. The van der Waals surface area contributed by atoms with Crippen molar-refractivity contribution in [2.45, 2.75) is 30.7 Å². The molecule has 2 aliphatic heterocycles. The van der Waals surface area contributed by atoms with Crippen LogP contribution in [0, 0.1) is 11.8 Å². The Balaban J connectivity index is 1.59. The van der Waals surface area contributed by atoms with E-state index in [9.17, 15) is 0 Å². The van der Waals surface area contributed by atoms with Gasteiger partial charge in [0.2, 0.25) is 0 Å². The number of benzene rings is 2. The summed E-state index contributed by atoms with van der Waals surface area (Å²) in [6.45, 7) is 1.15. The lowest BCUT2D eigenvalue weighted by atomic mass is 9.71. The van der Waals surface area contributed by atoms with Crippen molar-refractivity contribution in [2.75, 3.05) is 11.4 Å². The smallest absolute Gasteiger partial charge is 0.0582 e. The average Bonchev–Trinajstić information content (AvgIpc) is 3.32. The van der Waals surface area contributed by atoms with Crippen molar-refractivity contribution in [3.05, 3.63) is 86.9 Å². The molecule has 0 saturated carbocycles.